The third-order valence-electron chi connectivity index (χ3n) is 3.75. The molecule has 4 nitrogen and oxygen atoms in total. The minimum absolute atomic E-state index is 0.110. The molecule has 1 unspecified atom stereocenters. The average molecular weight is 241 g/mol. The summed E-state index contributed by atoms with van der Waals surface area (Å²) in [6, 6.07) is 0.259. The van der Waals surface area contributed by atoms with E-state index in [-0.39, 0.29) is 24.2 Å². The van der Waals surface area contributed by atoms with Crippen molar-refractivity contribution in [1.82, 2.24) is 5.32 Å². The first-order valence-corrected chi connectivity index (χ1v) is 6.83. The van der Waals surface area contributed by atoms with Crippen molar-refractivity contribution in [3.8, 4) is 0 Å². The fourth-order valence-electron chi connectivity index (χ4n) is 2.68. The van der Waals surface area contributed by atoms with Gasteiger partial charge in [-0.1, -0.05) is 0 Å². The number of amides is 1. The highest BCUT2D eigenvalue weighted by atomic mass is 16.5. The van der Waals surface area contributed by atoms with E-state index in [9.17, 15) is 9.90 Å². The summed E-state index contributed by atoms with van der Waals surface area (Å²) in [7, 11) is 0. The Bertz CT molecular complexity index is 243. The van der Waals surface area contributed by atoms with Crippen LogP contribution in [0, 0.1) is 0 Å². The second-order valence-corrected chi connectivity index (χ2v) is 5.27. The Hall–Kier alpha value is -0.610. The number of nitrogens with one attached hydrogen (secondary N) is 1. The smallest absolute Gasteiger partial charge is 0.222 e. The van der Waals surface area contributed by atoms with Crippen LogP contribution in [0.25, 0.3) is 0 Å². The third kappa shape index (κ3) is 4.28. The molecular weight excluding hydrogens is 218 g/mol. The summed E-state index contributed by atoms with van der Waals surface area (Å²) < 4.78 is 5.55. The van der Waals surface area contributed by atoms with Crippen LogP contribution in [0.4, 0.5) is 0 Å². The molecule has 2 aliphatic rings. The molecule has 1 heterocycles. The maximum atomic E-state index is 11.8. The average Bonchev–Trinajstić information content (AvgIpc) is 2.33. The van der Waals surface area contributed by atoms with Crippen LogP contribution >= 0.6 is 0 Å². The molecule has 1 aliphatic carbocycles. The van der Waals surface area contributed by atoms with Gasteiger partial charge >= 0.3 is 0 Å². The second kappa shape index (κ2) is 6.36. The zero-order valence-corrected chi connectivity index (χ0v) is 10.4. The topological polar surface area (TPSA) is 58.6 Å². The van der Waals surface area contributed by atoms with Crippen molar-refractivity contribution in [2.45, 2.75) is 69.6 Å². The van der Waals surface area contributed by atoms with Crippen molar-refractivity contribution < 1.29 is 14.6 Å². The number of aliphatic hydroxyl groups is 1. The Morgan fingerprint density at radius 1 is 1.18 bits per heavy atom. The molecule has 0 aromatic heterocycles. The van der Waals surface area contributed by atoms with Crippen LogP contribution in [-0.2, 0) is 9.53 Å². The van der Waals surface area contributed by atoms with Gasteiger partial charge in [-0.2, -0.15) is 0 Å². The maximum Gasteiger partial charge on any atom is 0.222 e. The van der Waals surface area contributed by atoms with Gasteiger partial charge < -0.3 is 15.2 Å². The number of carbonyl (C=O) groups is 1. The fourth-order valence-corrected chi connectivity index (χ4v) is 2.68. The molecule has 1 saturated carbocycles. The molecule has 1 saturated heterocycles. The molecule has 0 aromatic carbocycles. The predicted octanol–water partition coefficient (Wildman–Crippen LogP) is 1.37. The van der Waals surface area contributed by atoms with E-state index in [4.69, 9.17) is 4.74 Å². The van der Waals surface area contributed by atoms with E-state index in [2.05, 4.69) is 5.32 Å². The lowest BCUT2D eigenvalue weighted by molar-refractivity contribution is -0.125. The highest BCUT2D eigenvalue weighted by Crippen LogP contribution is 2.19. The molecule has 2 fully saturated rings. The van der Waals surface area contributed by atoms with Gasteiger partial charge in [-0.05, 0) is 44.9 Å². The number of ether oxygens (including phenoxy) is 1. The van der Waals surface area contributed by atoms with Crippen molar-refractivity contribution in [2.24, 2.45) is 0 Å². The number of hydrogen-bond donors (Lipinski definition) is 2. The van der Waals surface area contributed by atoms with E-state index < -0.39 is 0 Å². The first-order valence-electron chi connectivity index (χ1n) is 6.83. The van der Waals surface area contributed by atoms with Crippen LogP contribution in [0.5, 0.6) is 0 Å². The molecule has 1 amide bonds. The van der Waals surface area contributed by atoms with Crippen LogP contribution in [0.15, 0.2) is 0 Å². The minimum atomic E-state index is -0.162. The molecule has 1 aliphatic heterocycles. The van der Waals surface area contributed by atoms with Crippen molar-refractivity contribution in [1.29, 1.82) is 0 Å². The molecule has 0 spiro atoms. The Labute approximate surface area is 103 Å². The lowest BCUT2D eigenvalue weighted by atomic mass is 9.93. The van der Waals surface area contributed by atoms with Gasteiger partial charge in [0.05, 0.1) is 18.6 Å². The SMILES string of the molecule is O=C(CC1CCCCO1)NC1CCC(O)CC1. The van der Waals surface area contributed by atoms with Crippen molar-refractivity contribution in [3.05, 3.63) is 0 Å². The molecule has 2 N–H and O–H groups in total. The Balaban J connectivity index is 1.66. The second-order valence-electron chi connectivity index (χ2n) is 5.27. The Kier molecular flexibility index (Phi) is 4.80. The van der Waals surface area contributed by atoms with E-state index in [1.165, 1.54) is 6.42 Å². The molecule has 2 rings (SSSR count). The molecule has 0 radical (unpaired) electrons. The number of rotatable bonds is 3. The van der Waals surface area contributed by atoms with E-state index >= 15 is 0 Å². The first-order chi connectivity index (χ1) is 8.24. The van der Waals surface area contributed by atoms with Gasteiger partial charge in [-0.25, -0.2) is 0 Å². The van der Waals surface area contributed by atoms with Gasteiger partial charge in [0.1, 0.15) is 0 Å². The molecule has 0 aromatic rings. The minimum Gasteiger partial charge on any atom is -0.393 e. The van der Waals surface area contributed by atoms with Crippen LogP contribution in [-0.4, -0.2) is 35.9 Å². The van der Waals surface area contributed by atoms with Crippen LogP contribution < -0.4 is 5.32 Å². The van der Waals surface area contributed by atoms with Crippen molar-refractivity contribution in [3.63, 3.8) is 0 Å². The summed E-state index contributed by atoms with van der Waals surface area (Å²) in [5.41, 5.74) is 0. The van der Waals surface area contributed by atoms with E-state index in [1.54, 1.807) is 0 Å². The van der Waals surface area contributed by atoms with E-state index in [0.29, 0.717) is 6.42 Å². The number of aliphatic hydroxyl groups excluding tert-OH is 1. The van der Waals surface area contributed by atoms with Crippen LogP contribution in [0.1, 0.15) is 51.4 Å². The van der Waals surface area contributed by atoms with E-state index in [1.807, 2.05) is 0 Å². The highest BCUT2D eigenvalue weighted by molar-refractivity contribution is 5.76. The van der Waals surface area contributed by atoms with Crippen molar-refractivity contribution >= 4 is 5.91 Å². The quantitative estimate of drug-likeness (QED) is 0.784. The van der Waals surface area contributed by atoms with Crippen LogP contribution in [0.3, 0.4) is 0 Å². The van der Waals surface area contributed by atoms with Gasteiger partial charge in [0.15, 0.2) is 0 Å². The summed E-state index contributed by atoms with van der Waals surface area (Å²) in [4.78, 5) is 11.8. The Morgan fingerprint density at radius 3 is 2.59 bits per heavy atom. The van der Waals surface area contributed by atoms with Crippen LogP contribution in [0.2, 0.25) is 0 Å². The van der Waals surface area contributed by atoms with E-state index in [0.717, 1.165) is 45.1 Å². The zero-order valence-electron chi connectivity index (χ0n) is 10.4. The molecule has 98 valence electrons. The normalized spacial score (nSPS) is 34.3. The number of hydrogen-bond acceptors (Lipinski definition) is 3. The van der Waals surface area contributed by atoms with Gasteiger partial charge in [-0.3, -0.25) is 4.79 Å². The van der Waals surface area contributed by atoms with Gasteiger partial charge in [0.25, 0.3) is 0 Å². The highest BCUT2D eigenvalue weighted by Gasteiger charge is 2.23. The maximum absolute atomic E-state index is 11.8. The summed E-state index contributed by atoms with van der Waals surface area (Å²) >= 11 is 0. The Morgan fingerprint density at radius 2 is 1.94 bits per heavy atom. The molecule has 1 atom stereocenters. The first kappa shape index (κ1) is 12.8. The lowest BCUT2D eigenvalue weighted by Crippen LogP contribution is -2.40. The largest absolute Gasteiger partial charge is 0.393 e. The molecular formula is C13H23NO3. The number of carbonyl (C=O) groups excluding carboxylic acids is 1. The molecule has 17 heavy (non-hydrogen) atoms. The summed E-state index contributed by atoms with van der Waals surface area (Å²) in [5.74, 6) is 0.110. The third-order valence-corrected chi connectivity index (χ3v) is 3.75. The van der Waals surface area contributed by atoms with Gasteiger partial charge in [0.2, 0.25) is 5.91 Å². The molecule has 0 bridgehead atoms. The van der Waals surface area contributed by atoms with Gasteiger partial charge in [-0.15, -0.1) is 0 Å². The summed E-state index contributed by atoms with van der Waals surface area (Å²) in [5, 5.41) is 12.4. The molecule has 4 heteroatoms. The van der Waals surface area contributed by atoms with Crippen molar-refractivity contribution in [2.75, 3.05) is 6.61 Å². The fraction of sp³-hybridized carbons (Fsp3) is 0.923. The monoisotopic (exact) mass is 241 g/mol. The standard InChI is InChI=1S/C13H23NO3/c15-11-6-4-10(5-7-11)14-13(16)9-12-3-1-2-8-17-12/h10-12,15H,1-9H2,(H,14,16). The summed E-state index contributed by atoms with van der Waals surface area (Å²) in [6.07, 6.45) is 7.19. The van der Waals surface area contributed by atoms with Gasteiger partial charge in [0, 0.05) is 12.6 Å². The predicted molar refractivity (Wildman–Crippen MR) is 64.6 cm³/mol. The summed E-state index contributed by atoms with van der Waals surface area (Å²) in [6.45, 7) is 0.799. The lowest BCUT2D eigenvalue weighted by Gasteiger charge is -2.27. The zero-order chi connectivity index (χ0) is 12.1.